The SMILES string of the molecule is CCOc1cc(CNc2ccc(S(N)(=O)=O)cc2)ccc1OCCO. The van der Waals surface area contributed by atoms with Gasteiger partial charge in [0.15, 0.2) is 11.5 Å². The Labute approximate surface area is 147 Å². The quantitative estimate of drug-likeness (QED) is 0.623. The van der Waals surface area contributed by atoms with Gasteiger partial charge >= 0.3 is 0 Å². The van der Waals surface area contributed by atoms with Gasteiger partial charge in [-0.2, -0.15) is 0 Å². The molecule has 0 heterocycles. The number of sulfonamides is 1. The number of rotatable bonds is 9. The average molecular weight is 366 g/mol. The zero-order chi connectivity index (χ0) is 18.3. The number of hydrogen-bond donors (Lipinski definition) is 3. The van der Waals surface area contributed by atoms with E-state index in [1.165, 1.54) is 12.1 Å². The van der Waals surface area contributed by atoms with E-state index in [0.717, 1.165) is 11.3 Å². The van der Waals surface area contributed by atoms with Gasteiger partial charge < -0.3 is 19.9 Å². The molecule has 2 rings (SSSR count). The lowest BCUT2D eigenvalue weighted by Gasteiger charge is -2.13. The van der Waals surface area contributed by atoms with Gasteiger partial charge in [0.05, 0.1) is 18.1 Å². The van der Waals surface area contributed by atoms with E-state index < -0.39 is 10.0 Å². The van der Waals surface area contributed by atoms with Crippen LogP contribution in [0.5, 0.6) is 11.5 Å². The van der Waals surface area contributed by atoms with E-state index in [1.54, 1.807) is 18.2 Å². The van der Waals surface area contributed by atoms with Crippen LogP contribution in [0.2, 0.25) is 0 Å². The number of primary sulfonamides is 1. The Bertz CT molecular complexity index is 791. The minimum absolute atomic E-state index is 0.0661. The lowest BCUT2D eigenvalue weighted by atomic mass is 10.2. The van der Waals surface area contributed by atoms with Crippen molar-refractivity contribution in [2.75, 3.05) is 25.1 Å². The zero-order valence-electron chi connectivity index (χ0n) is 13.9. The number of ether oxygens (including phenoxy) is 2. The van der Waals surface area contributed by atoms with Crippen molar-refractivity contribution in [3.8, 4) is 11.5 Å². The van der Waals surface area contributed by atoms with Crippen molar-refractivity contribution in [1.29, 1.82) is 0 Å². The van der Waals surface area contributed by atoms with Crippen molar-refractivity contribution >= 4 is 15.7 Å². The Hall–Kier alpha value is -2.29. The summed E-state index contributed by atoms with van der Waals surface area (Å²) in [5.41, 5.74) is 1.74. The number of hydrogen-bond acceptors (Lipinski definition) is 6. The van der Waals surface area contributed by atoms with E-state index in [-0.39, 0.29) is 18.1 Å². The predicted octanol–water partition coefficient (Wildman–Crippen LogP) is 1.72. The topological polar surface area (TPSA) is 111 Å². The molecule has 0 aliphatic rings. The second-order valence-electron chi connectivity index (χ2n) is 5.21. The summed E-state index contributed by atoms with van der Waals surface area (Å²) in [6.45, 7) is 3.04. The van der Waals surface area contributed by atoms with E-state index in [4.69, 9.17) is 19.7 Å². The van der Waals surface area contributed by atoms with Gasteiger partial charge in [0.2, 0.25) is 10.0 Å². The van der Waals surface area contributed by atoms with Crippen molar-refractivity contribution in [2.45, 2.75) is 18.4 Å². The summed E-state index contributed by atoms with van der Waals surface area (Å²) < 4.78 is 33.5. The maximum absolute atomic E-state index is 11.2. The minimum Gasteiger partial charge on any atom is -0.490 e. The average Bonchev–Trinajstić information content (AvgIpc) is 2.59. The normalized spacial score (nSPS) is 11.2. The Morgan fingerprint density at radius 2 is 1.80 bits per heavy atom. The molecule has 8 heteroatoms. The smallest absolute Gasteiger partial charge is 0.238 e. The summed E-state index contributed by atoms with van der Waals surface area (Å²) in [5.74, 6) is 1.19. The molecule has 0 unspecified atom stereocenters. The number of aliphatic hydroxyl groups is 1. The summed E-state index contributed by atoms with van der Waals surface area (Å²) in [5, 5.41) is 17.1. The van der Waals surface area contributed by atoms with E-state index in [9.17, 15) is 8.42 Å². The predicted molar refractivity (Wildman–Crippen MR) is 95.3 cm³/mol. The van der Waals surface area contributed by atoms with Crippen LogP contribution in [0.3, 0.4) is 0 Å². The molecule has 0 aromatic heterocycles. The molecule has 4 N–H and O–H groups in total. The van der Waals surface area contributed by atoms with Crippen LogP contribution < -0.4 is 19.9 Å². The second-order valence-corrected chi connectivity index (χ2v) is 6.77. The molecule has 2 aromatic carbocycles. The van der Waals surface area contributed by atoms with Crippen LogP contribution >= 0.6 is 0 Å². The van der Waals surface area contributed by atoms with Gasteiger partial charge in [0, 0.05) is 12.2 Å². The first-order chi connectivity index (χ1) is 11.9. The van der Waals surface area contributed by atoms with Gasteiger partial charge in [-0.25, -0.2) is 13.6 Å². The molecular formula is C17H22N2O5S. The summed E-state index contributed by atoms with van der Waals surface area (Å²) in [6.07, 6.45) is 0. The molecule has 0 amide bonds. The van der Waals surface area contributed by atoms with E-state index in [1.807, 2.05) is 19.1 Å². The van der Waals surface area contributed by atoms with Crippen LogP contribution in [-0.4, -0.2) is 33.3 Å². The number of anilines is 1. The molecule has 0 atom stereocenters. The molecule has 0 bridgehead atoms. The van der Waals surface area contributed by atoms with Gasteiger partial charge in [-0.3, -0.25) is 0 Å². The van der Waals surface area contributed by atoms with Crippen molar-refractivity contribution in [1.82, 2.24) is 0 Å². The molecule has 0 fully saturated rings. The van der Waals surface area contributed by atoms with Crippen molar-refractivity contribution in [3.63, 3.8) is 0 Å². The van der Waals surface area contributed by atoms with Gasteiger partial charge in [-0.15, -0.1) is 0 Å². The Balaban J connectivity index is 2.05. The molecule has 0 aliphatic carbocycles. The van der Waals surface area contributed by atoms with Crippen molar-refractivity contribution in [2.24, 2.45) is 5.14 Å². The molecule has 0 saturated carbocycles. The summed E-state index contributed by atoms with van der Waals surface area (Å²) >= 11 is 0. The fourth-order valence-electron chi connectivity index (χ4n) is 2.17. The molecule has 7 nitrogen and oxygen atoms in total. The number of aliphatic hydroxyl groups excluding tert-OH is 1. The largest absolute Gasteiger partial charge is 0.490 e. The van der Waals surface area contributed by atoms with Crippen LogP contribution in [0, 0.1) is 0 Å². The highest BCUT2D eigenvalue weighted by atomic mass is 32.2. The first kappa shape index (κ1) is 19.0. The van der Waals surface area contributed by atoms with Crippen LogP contribution in [0.25, 0.3) is 0 Å². The van der Waals surface area contributed by atoms with Gasteiger partial charge in [0.1, 0.15) is 6.61 Å². The number of benzene rings is 2. The third kappa shape index (κ3) is 5.63. The van der Waals surface area contributed by atoms with Crippen LogP contribution in [0.15, 0.2) is 47.4 Å². The van der Waals surface area contributed by atoms with Crippen molar-refractivity contribution in [3.05, 3.63) is 48.0 Å². The summed E-state index contributed by atoms with van der Waals surface area (Å²) in [4.78, 5) is 0.0714. The van der Waals surface area contributed by atoms with Crippen molar-refractivity contribution < 1.29 is 23.0 Å². The molecule has 2 aromatic rings. The highest BCUT2D eigenvalue weighted by Crippen LogP contribution is 2.29. The monoisotopic (exact) mass is 366 g/mol. The molecule has 0 radical (unpaired) electrons. The molecule has 0 saturated heterocycles. The Morgan fingerprint density at radius 1 is 1.08 bits per heavy atom. The molecule has 0 spiro atoms. The summed E-state index contributed by atoms with van der Waals surface area (Å²) in [7, 11) is -3.69. The fourth-order valence-corrected chi connectivity index (χ4v) is 2.69. The Morgan fingerprint density at radius 3 is 2.40 bits per heavy atom. The maximum Gasteiger partial charge on any atom is 0.238 e. The van der Waals surface area contributed by atoms with E-state index in [0.29, 0.717) is 24.7 Å². The first-order valence-electron chi connectivity index (χ1n) is 7.80. The Kier molecular flexibility index (Phi) is 6.63. The second kappa shape index (κ2) is 8.70. The van der Waals surface area contributed by atoms with E-state index >= 15 is 0 Å². The van der Waals surface area contributed by atoms with Crippen LogP contribution in [0.4, 0.5) is 5.69 Å². The van der Waals surface area contributed by atoms with Crippen LogP contribution in [-0.2, 0) is 16.6 Å². The maximum atomic E-state index is 11.2. The van der Waals surface area contributed by atoms with Gasteiger partial charge in [-0.1, -0.05) is 6.07 Å². The molecular weight excluding hydrogens is 344 g/mol. The molecule has 136 valence electrons. The third-order valence-corrected chi connectivity index (χ3v) is 4.27. The van der Waals surface area contributed by atoms with Crippen LogP contribution in [0.1, 0.15) is 12.5 Å². The fraction of sp³-hybridized carbons (Fsp3) is 0.294. The van der Waals surface area contributed by atoms with Gasteiger partial charge in [0.25, 0.3) is 0 Å². The third-order valence-electron chi connectivity index (χ3n) is 3.34. The highest BCUT2D eigenvalue weighted by Gasteiger charge is 2.08. The molecule has 0 aliphatic heterocycles. The number of nitrogens with two attached hydrogens (primary N) is 1. The first-order valence-corrected chi connectivity index (χ1v) is 9.34. The number of nitrogens with one attached hydrogen (secondary N) is 1. The van der Waals surface area contributed by atoms with Gasteiger partial charge in [-0.05, 0) is 48.9 Å². The highest BCUT2D eigenvalue weighted by molar-refractivity contribution is 7.89. The minimum atomic E-state index is -3.69. The summed E-state index contributed by atoms with van der Waals surface area (Å²) in [6, 6.07) is 11.8. The lowest BCUT2D eigenvalue weighted by molar-refractivity contribution is 0.194. The van der Waals surface area contributed by atoms with E-state index in [2.05, 4.69) is 5.32 Å². The lowest BCUT2D eigenvalue weighted by Crippen LogP contribution is -2.12. The zero-order valence-corrected chi connectivity index (χ0v) is 14.8. The standard InChI is InChI=1S/C17H22N2O5S/c1-2-23-17-11-13(3-8-16(17)24-10-9-20)12-19-14-4-6-15(7-5-14)25(18,21)22/h3-8,11,19-20H,2,9-10,12H2,1H3,(H2,18,21,22). The molecule has 25 heavy (non-hydrogen) atoms.